The Morgan fingerprint density at radius 3 is 2.52 bits per heavy atom. The number of esters is 1. The third-order valence-electron chi connectivity index (χ3n) is 5.78. The average molecular weight is 380 g/mol. The fourth-order valence-corrected chi connectivity index (χ4v) is 4.54. The lowest BCUT2D eigenvalue weighted by Gasteiger charge is -2.37. The lowest BCUT2D eigenvalue weighted by atomic mass is 9.77. The van der Waals surface area contributed by atoms with Gasteiger partial charge in [-0.1, -0.05) is 36.4 Å². The van der Waals surface area contributed by atoms with E-state index in [1.165, 1.54) is 0 Å². The number of hydrogen-bond donors (Lipinski definition) is 2. The van der Waals surface area contributed by atoms with Crippen LogP contribution >= 0.6 is 0 Å². The molecule has 6 rings (SSSR count). The second-order valence-electron chi connectivity index (χ2n) is 7.36. The maximum absolute atomic E-state index is 12.8. The van der Waals surface area contributed by atoms with E-state index in [-0.39, 0.29) is 5.97 Å². The fraction of sp³-hybridized carbons (Fsp3) is 0.0417. The molecular formula is C24H16N2O3. The maximum atomic E-state index is 12.8. The SMILES string of the molecule is Nc1ccc2c(c1)Oc1c(ccc3cccc(N)c13)C21OC(=O)c2ccccc21. The Balaban J connectivity index is 1.80. The van der Waals surface area contributed by atoms with Crippen LogP contribution in [-0.2, 0) is 10.3 Å². The molecule has 4 N–H and O–H groups in total. The van der Waals surface area contributed by atoms with Crippen molar-refractivity contribution < 1.29 is 14.3 Å². The Labute approximate surface area is 166 Å². The highest BCUT2D eigenvalue weighted by molar-refractivity contribution is 6.02. The first-order valence-electron chi connectivity index (χ1n) is 9.32. The van der Waals surface area contributed by atoms with Gasteiger partial charge in [-0.2, -0.15) is 0 Å². The van der Waals surface area contributed by atoms with E-state index in [9.17, 15) is 4.79 Å². The summed E-state index contributed by atoms with van der Waals surface area (Å²) in [4.78, 5) is 12.8. The molecule has 0 bridgehead atoms. The number of benzene rings is 4. The quantitative estimate of drug-likeness (QED) is 0.345. The van der Waals surface area contributed by atoms with Crippen LogP contribution in [0.15, 0.2) is 72.8 Å². The first kappa shape index (κ1) is 16.0. The van der Waals surface area contributed by atoms with Crippen LogP contribution in [0.3, 0.4) is 0 Å². The van der Waals surface area contributed by atoms with Crippen molar-refractivity contribution in [2.24, 2.45) is 0 Å². The Bertz CT molecular complexity index is 1360. The Kier molecular flexibility index (Phi) is 2.92. The first-order chi connectivity index (χ1) is 14.1. The summed E-state index contributed by atoms with van der Waals surface area (Å²) in [5.74, 6) is 0.776. The highest BCUT2D eigenvalue weighted by Crippen LogP contribution is 2.58. The van der Waals surface area contributed by atoms with Gasteiger partial charge in [0.25, 0.3) is 0 Å². The van der Waals surface area contributed by atoms with Gasteiger partial charge in [-0.25, -0.2) is 4.79 Å². The van der Waals surface area contributed by atoms with Gasteiger partial charge < -0.3 is 20.9 Å². The van der Waals surface area contributed by atoms with Gasteiger partial charge in [0.1, 0.15) is 11.5 Å². The molecule has 0 amide bonds. The summed E-state index contributed by atoms with van der Waals surface area (Å²) in [6.07, 6.45) is 0. The van der Waals surface area contributed by atoms with Crippen LogP contribution in [0, 0.1) is 0 Å². The summed E-state index contributed by atoms with van der Waals surface area (Å²) in [5, 5.41) is 1.74. The topological polar surface area (TPSA) is 87.6 Å². The van der Waals surface area contributed by atoms with Crippen molar-refractivity contribution in [1.29, 1.82) is 0 Å². The number of carbonyl (C=O) groups is 1. The minimum atomic E-state index is -1.11. The molecule has 1 spiro atoms. The monoisotopic (exact) mass is 380 g/mol. The third kappa shape index (κ3) is 1.91. The zero-order valence-electron chi connectivity index (χ0n) is 15.3. The molecule has 4 aromatic rings. The second-order valence-corrected chi connectivity index (χ2v) is 7.36. The van der Waals surface area contributed by atoms with Crippen molar-refractivity contribution in [2.45, 2.75) is 5.60 Å². The molecule has 0 aliphatic carbocycles. The zero-order valence-corrected chi connectivity index (χ0v) is 15.3. The van der Waals surface area contributed by atoms with Gasteiger partial charge in [0.15, 0.2) is 5.60 Å². The summed E-state index contributed by atoms with van der Waals surface area (Å²) in [7, 11) is 0. The van der Waals surface area contributed by atoms with Crippen LogP contribution in [0.25, 0.3) is 10.8 Å². The number of hydrogen-bond acceptors (Lipinski definition) is 5. The predicted octanol–water partition coefficient (Wildman–Crippen LogP) is 4.57. The second kappa shape index (κ2) is 5.29. The van der Waals surface area contributed by atoms with Gasteiger partial charge >= 0.3 is 5.97 Å². The highest BCUT2D eigenvalue weighted by atomic mass is 16.6. The van der Waals surface area contributed by atoms with Crippen LogP contribution in [0.1, 0.15) is 27.0 Å². The normalized spacial score (nSPS) is 18.7. The van der Waals surface area contributed by atoms with E-state index in [1.54, 1.807) is 18.2 Å². The maximum Gasteiger partial charge on any atom is 0.340 e. The van der Waals surface area contributed by atoms with Crippen LogP contribution in [0.4, 0.5) is 11.4 Å². The Morgan fingerprint density at radius 2 is 1.62 bits per heavy atom. The van der Waals surface area contributed by atoms with Gasteiger partial charge in [0.05, 0.1) is 5.56 Å². The van der Waals surface area contributed by atoms with E-state index < -0.39 is 5.60 Å². The summed E-state index contributed by atoms with van der Waals surface area (Å²) in [5.41, 5.74) is 15.2. The molecule has 5 heteroatoms. The molecule has 0 aromatic heterocycles. The summed E-state index contributed by atoms with van der Waals surface area (Å²) in [6, 6.07) is 22.5. The number of rotatable bonds is 0. The molecule has 1 unspecified atom stereocenters. The molecule has 1 atom stereocenters. The van der Waals surface area contributed by atoms with Gasteiger partial charge in [-0.15, -0.1) is 0 Å². The number of carbonyl (C=O) groups excluding carboxylic acids is 1. The van der Waals surface area contributed by atoms with E-state index >= 15 is 0 Å². The minimum absolute atomic E-state index is 0.364. The first-order valence-corrected chi connectivity index (χ1v) is 9.32. The number of ether oxygens (including phenoxy) is 2. The third-order valence-corrected chi connectivity index (χ3v) is 5.78. The smallest absolute Gasteiger partial charge is 0.340 e. The van der Waals surface area contributed by atoms with Crippen LogP contribution in [-0.4, -0.2) is 5.97 Å². The van der Waals surface area contributed by atoms with Crippen molar-refractivity contribution in [1.82, 2.24) is 0 Å². The number of nitrogens with two attached hydrogens (primary N) is 2. The van der Waals surface area contributed by atoms with E-state index in [0.29, 0.717) is 28.4 Å². The summed E-state index contributed by atoms with van der Waals surface area (Å²) in [6.45, 7) is 0. The van der Waals surface area contributed by atoms with Crippen molar-refractivity contribution >= 4 is 28.1 Å². The van der Waals surface area contributed by atoms with E-state index in [0.717, 1.165) is 27.5 Å². The molecule has 0 saturated heterocycles. The molecule has 0 saturated carbocycles. The Morgan fingerprint density at radius 1 is 0.793 bits per heavy atom. The van der Waals surface area contributed by atoms with Crippen LogP contribution in [0.2, 0.25) is 0 Å². The van der Waals surface area contributed by atoms with Crippen molar-refractivity contribution in [2.75, 3.05) is 11.5 Å². The van der Waals surface area contributed by atoms with E-state index in [1.807, 2.05) is 54.6 Å². The number of nitrogen functional groups attached to an aromatic ring is 2. The molecule has 2 heterocycles. The fourth-order valence-electron chi connectivity index (χ4n) is 4.54. The standard InChI is InChI=1S/C24H16N2O3/c25-14-9-11-17-20(12-14)28-22-18(10-8-13-4-3-7-19(26)21(13)22)24(17)16-6-2-1-5-15(16)23(27)29-24/h1-12H,25-26H2. The Hall–Kier alpha value is -3.99. The van der Waals surface area contributed by atoms with Gasteiger partial charge in [-0.3, -0.25) is 0 Å². The molecule has 140 valence electrons. The number of anilines is 2. The predicted molar refractivity (Wildman–Crippen MR) is 111 cm³/mol. The van der Waals surface area contributed by atoms with Crippen molar-refractivity contribution in [3.8, 4) is 11.5 Å². The van der Waals surface area contributed by atoms with Gasteiger partial charge in [-0.05, 0) is 35.7 Å². The molecule has 5 nitrogen and oxygen atoms in total. The van der Waals surface area contributed by atoms with Crippen LogP contribution in [0.5, 0.6) is 11.5 Å². The van der Waals surface area contributed by atoms with Crippen molar-refractivity contribution in [3.63, 3.8) is 0 Å². The molecule has 29 heavy (non-hydrogen) atoms. The molecule has 0 fully saturated rings. The van der Waals surface area contributed by atoms with Gasteiger partial charge in [0, 0.05) is 39.5 Å². The largest absolute Gasteiger partial charge is 0.456 e. The molecule has 2 aliphatic heterocycles. The minimum Gasteiger partial charge on any atom is -0.456 e. The molecular weight excluding hydrogens is 364 g/mol. The van der Waals surface area contributed by atoms with Crippen molar-refractivity contribution in [3.05, 3.63) is 95.1 Å². The molecule has 0 radical (unpaired) electrons. The van der Waals surface area contributed by atoms with Crippen LogP contribution < -0.4 is 16.2 Å². The molecule has 4 aromatic carbocycles. The van der Waals surface area contributed by atoms with E-state index in [4.69, 9.17) is 20.9 Å². The summed E-state index contributed by atoms with van der Waals surface area (Å²) >= 11 is 0. The lowest BCUT2D eigenvalue weighted by Crippen LogP contribution is -2.33. The highest BCUT2D eigenvalue weighted by Gasteiger charge is 2.53. The average Bonchev–Trinajstić information content (AvgIpc) is 3.01. The van der Waals surface area contributed by atoms with Gasteiger partial charge in [0.2, 0.25) is 0 Å². The zero-order chi connectivity index (χ0) is 19.8. The number of fused-ring (bicyclic) bond motifs is 8. The summed E-state index contributed by atoms with van der Waals surface area (Å²) < 4.78 is 12.5. The van der Waals surface area contributed by atoms with E-state index in [2.05, 4.69) is 0 Å². The molecule has 2 aliphatic rings. The lowest BCUT2D eigenvalue weighted by molar-refractivity contribution is 0.0225.